The Morgan fingerprint density at radius 2 is 2.04 bits per heavy atom. The van der Waals surface area contributed by atoms with Gasteiger partial charge in [0.25, 0.3) is 17.4 Å². The highest BCUT2D eigenvalue weighted by molar-refractivity contribution is 5.94. The number of aromatic nitrogens is 3. The Morgan fingerprint density at radius 3 is 2.74 bits per heavy atom. The van der Waals surface area contributed by atoms with E-state index in [1.807, 2.05) is 4.90 Å². The first-order valence-corrected chi connectivity index (χ1v) is 9.12. The number of likely N-dealkylation sites (tertiary alicyclic amines) is 1. The van der Waals surface area contributed by atoms with Crippen LogP contribution >= 0.6 is 0 Å². The first-order chi connectivity index (χ1) is 12.9. The van der Waals surface area contributed by atoms with Gasteiger partial charge >= 0.3 is 0 Å². The van der Waals surface area contributed by atoms with Gasteiger partial charge in [-0.25, -0.2) is 0 Å². The number of nitrogens with zero attached hydrogens (tertiary/aromatic N) is 4. The second-order valence-corrected chi connectivity index (χ2v) is 7.77. The number of hydrogen-bond acceptors (Lipinski definition) is 4. The maximum absolute atomic E-state index is 12.8. The van der Waals surface area contributed by atoms with Crippen molar-refractivity contribution in [3.63, 3.8) is 0 Å². The van der Waals surface area contributed by atoms with Crippen LogP contribution < -0.4 is 10.9 Å². The molecule has 1 N–H and O–H groups in total. The van der Waals surface area contributed by atoms with E-state index in [0.717, 1.165) is 19.3 Å². The maximum atomic E-state index is 12.8. The van der Waals surface area contributed by atoms with Gasteiger partial charge in [-0.3, -0.25) is 19.1 Å². The summed E-state index contributed by atoms with van der Waals surface area (Å²) in [6.45, 7) is 1.36. The van der Waals surface area contributed by atoms with Crippen LogP contribution in [-0.4, -0.2) is 50.2 Å². The van der Waals surface area contributed by atoms with Gasteiger partial charge in [0.15, 0.2) is 0 Å². The molecule has 4 rings (SSSR count). The lowest BCUT2D eigenvalue weighted by Gasteiger charge is -2.45. The van der Waals surface area contributed by atoms with Crippen molar-refractivity contribution in [3.05, 3.63) is 52.2 Å². The lowest BCUT2D eigenvalue weighted by atomic mass is 9.65. The zero-order chi connectivity index (χ0) is 19.2. The molecule has 0 aromatic carbocycles. The predicted octanol–water partition coefficient (Wildman–Crippen LogP) is 0.544. The van der Waals surface area contributed by atoms with Gasteiger partial charge in [0, 0.05) is 45.5 Å². The van der Waals surface area contributed by atoms with Gasteiger partial charge in [0.1, 0.15) is 5.69 Å². The van der Waals surface area contributed by atoms with E-state index < -0.39 is 0 Å². The molecule has 0 radical (unpaired) electrons. The molecule has 2 aromatic rings. The van der Waals surface area contributed by atoms with Gasteiger partial charge in [0.2, 0.25) is 0 Å². The molecule has 1 saturated heterocycles. The molecule has 1 spiro atoms. The summed E-state index contributed by atoms with van der Waals surface area (Å²) in [4.78, 5) is 38.6. The van der Waals surface area contributed by atoms with Crippen LogP contribution in [0.5, 0.6) is 0 Å². The molecule has 0 atom stereocenters. The van der Waals surface area contributed by atoms with Crippen molar-refractivity contribution < 1.29 is 9.59 Å². The largest absolute Gasteiger partial charge is 0.349 e. The van der Waals surface area contributed by atoms with Gasteiger partial charge in [-0.2, -0.15) is 5.10 Å². The van der Waals surface area contributed by atoms with E-state index in [-0.39, 0.29) is 28.8 Å². The highest BCUT2D eigenvalue weighted by Crippen LogP contribution is 2.48. The van der Waals surface area contributed by atoms with Crippen molar-refractivity contribution in [2.24, 2.45) is 19.5 Å². The minimum absolute atomic E-state index is 0.0796. The van der Waals surface area contributed by atoms with Crippen LogP contribution in [0.2, 0.25) is 0 Å². The SMILES string of the molecule is Cn1cc(C(=O)NC2CC3(CCN(C(=O)c4cccc(=O)n4C)C3)C2)cn1. The fourth-order valence-electron chi connectivity index (χ4n) is 4.28. The van der Waals surface area contributed by atoms with Crippen LogP contribution in [0.1, 0.15) is 40.1 Å². The third kappa shape index (κ3) is 3.15. The molecular formula is C19H23N5O3. The lowest BCUT2D eigenvalue weighted by Crippen LogP contribution is -2.52. The average Bonchev–Trinajstić information content (AvgIpc) is 3.23. The third-order valence-corrected chi connectivity index (χ3v) is 5.79. The summed E-state index contributed by atoms with van der Waals surface area (Å²) in [5.74, 6) is -0.205. The smallest absolute Gasteiger partial charge is 0.270 e. The van der Waals surface area contributed by atoms with Gasteiger partial charge in [-0.15, -0.1) is 0 Å². The Bertz CT molecular complexity index is 954. The molecule has 8 heteroatoms. The van der Waals surface area contributed by atoms with Gasteiger partial charge in [0.05, 0.1) is 11.8 Å². The number of aryl methyl sites for hydroxylation is 1. The van der Waals surface area contributed by atoms with Crippen LogP contribution in [0.4, 0.5) is 0 Å². The van der Waals surface area contributed by atoms with Crippen molar-refractivity contribution in [2.75, 3.05) is 13.1 Å². The molecule has 8 nitrogen and oxygen atoms in total. The number of carbonyl (C=O) groups excluding carboxylic acids is 2. The molecular weight excluding hydrogens is 346 g/mol. The number of pyridine rings is 1. The Balaban J connectivity index is 1.35. The summed E-state index contributed by atoms with van der Waals surface area (Å²) >= 11 is 0. The summed E-state index contributed by atoms with van der Waals surface area (Å²) in [6.07, 6.45) is 5.93. The molecule has 0 bridgehead atoms. The van der Waals surface area contributed by atoms with Crippen molar-refractivity contribution in [1.82, 2.24) is 24.6 Å². The number of amides is 2. The van der Waals surface area contributed by atoms with E-state index in [1.165, 1.54) is 10.6 Å². The van der Waals surface area contributed by atoms with Gasteiger partial charge < -0.3 is 14.8 Å². The minimum atomic E-state index is -0.184. The van der Waals surface area contributed by atoms with Gasteiger partial charge in [-0.1, -0.05) is 6.07 Å². The van der Waals surface area contributed by atoms with Crippen LogP contribution in [-0.2, 0) is 14.1 Å². The highest BCUT2D eigenvalue weighted by atomic mass is 16.2. The lowest BCUT2D eigenvalue weighted by molar-refractivity contribution is 0.0604. The molecule has 142 valence electrons. The molecule has 1 aliphatic carbocycles. The normalized spacial score (nSPS) is 24.1. The number of nitrogens with one attached hydrogen (secondary N) is 1. The monoisotopic (exact) mass is 369 g/mol. The number of hydrogen-bond donors (Lipinski definition) is 1. The molecule has 2 aliphatic rings. The average molecular weight is 369 g/mol. The molecule has 2 amide bonds. The second-order valence-electron chi connectivity index (χ2n) is 7.77. The van der Waals surface area contributed by atoms with E-state index in [1.54, 1.807) is 43.3 Å². The highest BCUT2D eigenvalue weighted by Gasteiger charge is 2.50. The zero-order valence-corrected chi connectivity index (χ0v) is 15.5. The Labute approximate surface area is 156 Å². The summed E-state index contributed by atoms with van der Waals surface area (Å²) in [7, 11) is 3.40. The van der Waals surface area contributed by atoms with Crippen molar-refractivity contribution >= 4 is 11.8 Å². The van der Waals surface area contributed by atoms with Gasteiger partial charge in [-0.05, 0) is 30.7 Å². The molecule has 3 heterocycles. The standard InChI is InChI=1S/C19H23N5O3/c1-22-11-13(10-20-22)17(26)21-14-8-19(9-14)6-7-24(12-19)18(27)15-4-3-5-16(25)23(15)2/h3-5,10-11,14H,6-9,12H2,1-2H3,(H,21,26). The Morgan fingerprint density at radius 1 is 1.26 bits per heavy atom. The number of rotatable bonds is 3. The minimum Gasteiger partial charge on any atom is -0.349 e. The fraction of sp³-hybridized carbons (Fsp3) is 0.474. The van der Waals surface area contributed by atoms with Crippen molar-refractivity contribution in [1.29, 1.82) is 0 Å². The molecule has 27 heavy (non-hydrogen) atoms. The first kappa shape index (κ1) is 17.5. The van der Waals surface area contributed by atoms with E-state index in [0.29, 0.717) is 24.3 Å². The summed E-state index contributed by atoms with van der Waals surface area (Å²) < 4.78 is 3.00. The maximum Gasteiger partial charge on any atom is 0.270 e. The Kier molecular flexibility index (Phi) is 4.13. The zero-order valence-electron chi connectivity index (χ0n) is 15.5. The van der Waals surface area contributed by atoms with Crippen molar-refractivity contribution in [2.45, 2.75) is 25.3 Å². The quantitative estimate of drug-likeness (QED) is 0.855. The Hall–Kier alpha value is -2.90. The third-order valence-electron chi connectivity index (χ3n) is 5.79. The van der Waals surface area contributed by atoms with E-state index in [2.05, 4.69) is 10.4 Å². The molecule has 2 aromatic heterocycles. The van der Waals surface area contributed by atoms with Crippen LogP contribution in [0.3, 0.4) is 0 Å². The summed E-state index contributed by atoms with van der Waals surface area (Å²) in [5.41, 5.74) is 0.875. The predicted molar refractivity (Wildman–Crippen MR) is 98.3 cm³/mol. The number of carbonyl (C=O) groups is 2. The molecule has 2 fully saturated rings. The second kappa shape index (κ2) is 6.37. The van der Waals surface area contributed by atoms with Crippen molar-refractivity contribution in [3.8, 4) is 0 Å². The first-order valence-electron chi connectivity index (χ1n) is 9.12. The molecule has 0 unspecified atom stereocenters. The van der Waals surface area contributed by atoms with Crippen LogP contribution in [0.15, 0.2) is 35.4 Å². The van der Waals surface area contributed by atoms with E-state index in [4.69, 9.17) is 0 Å². The van der Waals surface area contributed by atoms with E-state index >= 15 is 0 Å². The van der Waals surface area contributed by atoms with Crippen LogP contribution in [0.25, 0.3) is 0 Å². The molecule has 1 saturated carbocycles. The van der Waals surface area contributed by atoms with Crippen LogP contribution in [0, 0.1) is 5.41 Å². The topological polar surface area (TPSA) is 89.2 Å². The van der Waals surface area contributed by atoms with E-state index in [9.17, 15) is 14.4 Å². The fourth-order valence-corrected chi connectivity index (χ4v) is 4.28. The molecule has 1 aliphatic heterocycles. The summed E-state index contributed by atoms with van der Waals surface area (Å²) in [6, 6.07) is 4.89. The summed E-state index contributed by atoms with van der Waals surface area (Å²) in [5, 5.41) is 7.07.